The lowest BCUT2D eigenvalue weighted by atomic mass is 9.87. The van der Waals surface area contributed by atoms with Crippen molar-refractivity contribution in [3.63, 3.8) is 0 Å². The Labute approximate surface area is 133 Å². The fourth-order valence-corrected chi connectivity index (χ4v) is 3.37. The zero-order valence-electron chi connectivity index (χ0n) is 12.1. The molecule has 0 aliphatic carbocycles. The van der Waals surface area contributed by atoms with Crippen molar-refractivity contribution in [3.05, 3.63) is 34.6 Å². The molecule has 1 amide bonds. The Morgan fingerprint density at radius 1 is 1.41 bits per heavy atom. The van der Waals surface area contributed by atoms with Crippen molar-refractivity contribution in [3.8, 4) is 0 Å². The first kappa shape index (κ1) is 15.4. The third-order valence-electron chi connectivity index (χ3n) is 4.47. The van der Waals surface area contributed by atoms with Crippen LogP contribution in [0.5, 0.6) is 0 Å². The summed E-state index contributed by atoms with van der Waals surface area (Å²) >= 11 is 5.94. The van der Waals surface area contributed by atoms with Gasteiger partial charge < -0.3 is 9.64 Å². The molecule has 6 heteroatoms. The molecular formula is C16H17ClFNO3. The molecule has 2 aliphatic heterocycles. The van der Waals surface area contributed by atoms with E-state index in [2.05, 4.69) is 0 Å². The van der Waals surface area contributed by atoms with Crippen LogP contribution in [0, 0.1) is 5.82 Å². The van der Waals surface area contributed by atoms with Crippen molar-refractivity contribution in [2.75, 3.05) is 19.7 Å². The van der Waals surface area contributed by atoms with Gasteiger partial charge in [0.15, 0.2) is 5.78 Å². The molecule has 0 bridgehead atoms. The Morgan fingerprint density at radius 2 is 2.23 bits per heavy atom. The lowest BCUT2D eigenvalue weighted by Gasteiger charge is -2.37. The topological polar surface area (TPSA) is 46.6 Å². The van der Waals surface area contributed by atoms with Gasteiger partial charge in [0.1, 0.15) is 11.4 Å². The highest BCUT2D eigenvalue weighted by Gasteiger charge is 2.46. The van der Waals surface area contributed by atoms with Gasteiger partial charge in [-0.15, -0.1) is 0 Å². The monoisotopic (exact) mass is 325 g/mol. The highest BCUT2D eigenvalue weighted by atomic mass is 35.5. The highest BCUT2D eigenvalue weighted by molar-refractivity contribution is 6.31. The number of hydrogen-bond donors (Lipinski definition) is 0. The SMILES string of the molecule is O=C(Cc1c(F)cccc1Cl)N1CC[C@]2(CCCO2)C(=O)C1. The number of rotatable bonds is 2. The maximum absolute atomic E-state index is 13.8. The van der Waals surface area contributed by atoms with Gasteiger partial charge in [-0.3, -0.25) is 9.59 Å². The molecule has 2 saturated heterocycles. The molecule has 2 aliphatic rings. The molecule has 0 unspecified atom stereocenters. The Bertz CT molecular complexity index is 593. The van der Waals surface area contributed by atoms with Crippen LogP contribution >= 0.6 is 11.6 Å². The van der Waals surface area contributed by atoms with Crippen LogP contribution in [0.3, 0.4) is 0 Å². The van der Waals surface area contributed by atoms with Gasteiger partial charge >= 0.3 is 0 Å². The molecule has 0 N–H and O–H groups in total. The van der Waals surface area contributed by atoms with E-state index in [1.54, 1.807) is 6.07 Å². The zero-order chi connectivity index (χ0) is 15.7. The second kappa shape index (κ2) is 5.97. The van der Waals surface area contributed by atoms with Crippen molar-refractivity contribution in [2.45, 2.75) is 31.3 Å². The van der Waals surface area contributed by atoms with Crippen LogP contribution in [-0.4, -0.2) is 41.9 Å². The minimum atomic E-state index is -0.688. The van der Waals surface area contributed by atoms with Crippen molar-refractivity contribution < 1.29 is 18.7 Å². The second-order valence-corrected chi connectivity index (χ2v) is 6.22. The number of ether oxygens (including phenoxy) is 1. The molecule has 2 heterocycles. The van der Waals surface area contributed by atoms with E-state index in [0.717, 1.165) is 12.8 Å². The van der Waals surface area contributed by atoms with Crippen molar-refractivity contribution in [2.24, 2.45) is 0 Å². The van der Waals surface area contributed by atoms with Gasteiger partial charge in [0, 0.05) is 30.2 Å². The summed E-state index contributed by atoms with van der Waals surface area (Å²) in [4.78, 5) is 26.1. The number of amides is 1. The molecule has 1 atom stereocenters. The van der Waals surface area contributed by atoms with E-state index < -0.39 is 11.4 Å². The summed E-state index contributed by atoms with van der Waals surface area (Å²) in [5.74, 6) is -0.836. The Morgan fingerprint density at radius 3 is 2.86 bits per heavy atom. The van der Waals surface area contributed by atoms with E-state index in [0.29, 0.717) is 19.6 Å². The third kappa shape index (κ3) is 2.75. The number of likely N-dealkylation sites (tertiary alicyclic amines) is 1. The van der Waals surface area contributed by atoms with Gasteiger partial charge in [0.05, 0.1) is 13.0 Å². The molecule has 0 saturated carbocycles. The average Bonchev–Trinajstić information content (AvgIpc) is 2.96. The molecule has 0 radical (unpaired) electrons. The second-order valence-electron chi connectivity index (χ2n) is 5.81. The summed E-state index contributed by atoms with van der Waals surface area (Å²) in [6, 6.07) is 4.32. The summed E-state index contributed by atoms with van der Waals surface area (Å²) in [5, 5.41) is 0.229. The van der Waals surface area contributed by atoms with Crippen LogP contribution in [0.1, 0.15) is 24.8 Å². The fourth-order valence-electron chi connectivity index (χ4n) is 3.14. The minimum Gasteiger partial charge on any atom is -0.367 e. The number of carbonyl (C=O) groups excluding carboxylic acids is 2. The summed E-state index contributed by atoms with van der Waals surface area (Å²) in [7, 11) is 0. The average molecular weight is 326 g/mol. The van der Waals surface area contributed by atoms with E-state index in [-0.39, 0.29) is 35.2 Å². The van der Waals surface area contributed by atoms with E-state index in [9.17, 15) is 14.0 Å². The largest absolute Gasteiger partial charge is 0.367 e. The molecule has 1 aromatic rings. The number of ketones is 1. The Balaban J connectivity index is 1.68. The quantitative estimate of drug-likeness (QED) is 0.838. The van der Waals surface area contributed by atoms with Crippen molar-refractivity contribution in [1.29, 1.82) is 0 Å². The number of carbonyl (C=O) groups is 2. The first-order valence-electron chi connectivity index (χ1n) is 7.40. The number of hydrogen-bond acceptors (Lipinski definition) is 3. The van der Waals surface area contributed by atoms with Crippen LogP contribution in [0.4, 0.5) is 4.39 Å². The predicted molar refractivity (Wildman–Crippen MR) is 79.2 cm³/mol. The first-order chi connectivity index (χ1) is 10.5. The molecule has 3 rings (SSSR count). The van der Waals surface area contributed by atoms with Crippen LogP contribution in [0.25, 0.3) is 0 Å². The molecule has 1 aromatic carbocycles. The summed E-state index contributed by atoms with van der Waals surface area (Å²) in [5.41, 5.74) is -0.508. The number of piperidine rings is 1. The third-order valence-corrected chi connectivity index (χ3v) is 4.83. The number of benzene rings is 1. The van der Waals surface area contributed by atoms with Gasteiger partial charge in [-0.2, -0.15) is 0 Å². The Hall–Kier alpha value is -1.46. The van der Waals surface area contributed by atoms with E-state index in [1.165, 1.54) is 17.0 Å². The standard InChI is InChI=1S/C16H17ClFNO3/c17-12-3-1-4-13(18)11(12)9-15(21)19-7-6-16(14(20)10-19)5-2-8-22-16/h1,3-4H,2,5-10H2/t16-/m1/s1. The lowest BCUT2D eigenvalue weighted by Crippen LogP contribution is -2.54. The van der Waals surface area contributed by atoms with E-state index in [4.69, 9.17) is 16.3 Å². The summed E-state index contributed by atoms with van der Waals surface area (Å²) in [6.07, 6.45) is 1.99. The molecule has 118 valence electrons. The van der Waals surface area contributed by atoms with Gasteiger partial charge in [-0.1, -0.05) is 17.7 Å². The molecule has 0 aromatic heterocycles. The van der Waals surface area contributed by atoms with Crippen molar-refractivity contribution in [1.82, 2.24) is 4.90 Å². The summed E-state index contributed by atoms with van der Waals surface area (Å²) < 4.78 is 19.4. The van der Waals surface area contributed by atoms with Gasteiger partial charge in [-0.25, -0.2) is 4.39 Å². The van der Waals surface area contributed by atoms with Gasteiger partial charge in [0.25, 0.3) is 0 Å². The molecule has 22 heavy (non-hydrogen) atoms. The fraction of sp³-hybridized carbons (Fsp3) is 0.500. The first-order valence-corrected chi connectivity index (χ1v) is 7.77. The van der Waals surface area contributed by atoms with Crippen LogP contribution in [0.2, 0.25) is 5.02 Å². The molecule has 4 nitrogen and oxygen atoms in total. The Kier molecular flexibility index (Phi) is 4.19. The van der Waals surface area contributed by atoms with E-state index in [1.807, 2.05) is 0 Å². The smallest absolute Gasteiger partial charge is 0.227 e. The van der Waals surface area contributed by atoms with Crippen LogP contribution in [-0.2, 0) is 20.7 Å². The maximum Gasteiger partial charge on any atom is 0.227 e. The minimum absolute atomic E-state index is 0.0326. The molecule has 2 fully saturated rings. The van der Waals surface area contributed by atoms with Gasteiger partial charge in [-0.05, 0) is 25.0 Å². The highest BCUT2D eigenvalue weighted by Crippen LogP contribution is 2.33. The van der Waals surface area contributed by atoms with E-state index >= 15 is 0 Å². The van der Waals surface area contributed by atoms with Gasteiger partial charge in [0.2, 0.25) is 5.91 Å². The summed E-state index contributed by atoms with van der Waals surface area (Å²) in [6.45, 7) is 1.09. The molecular weight excluding hydrogens is 309 g/mol. The lowest BCUT2D eigenvalue weighted by molar-refractivity contribution is -0.152. The maximum atomic E-state index is 13.8. The number of nitrogens with zero attached hydrogens (tertiary/aromatic N) is 1. The van der Waals surface area contributed by atoms with Crippen LogP contribution in [0.15, 0.2) is 18.2 Å². The van der Waals surface area contributed by atoms with Crippen molar-refractivity contribution >= 4 is 23.3 Å². The number of Topliss-reactive ketones (excluding diaryl/α,β-unsaturated/α-hetero) is 1. The molecule has 1 spiro atoms. The zero-order valence-corrected chi connectivity index (χ0v) is 12.9. The predicted octanol–water partition coefficient (Wildman–Crippen LogP) is 2.37. The van der Waals surface area contributed by atoms with Crippen LogP contribution < -0.4 is 0 Å². The number of halogens is 2. The normalized spacial score (nSPS) is 25.0.